The van der Waals surface area contributed by atoms with Gasteiger partial charge in [0.2, 0.25) is 0 Å². The first kappa shape index (κ1) is 13.0. The molecule has 2 nitrogen and oxygen atoms in total. The maximum absolute atomic E-state index is 3.30. The van der Waals surface area contributed by atoms with Crippen LogP contribution in [-0.2, 0) is 0 Å². The molecule has 15 heavy (non-hydrogen) atoms. The maximum atomic E-state index is 3.30. The highest BCUT2D eigenvalue weighted by atomic mass is 15.1. The summed E-state index contributed by atoms with van der Waals surface area (Å²) in [6.07, 6.45) is 9.84. The van der Waals surface area contributed by atoms with Crippen molar-refractivity contribution in [1.29, 1.82) is 0 Å². The van der Waals surface area contributed by atoms with Gasteiger partial charge in [-0.1, -0.05) is 19.3 Å². The van der Waals surface area contributed by atoms with E-state index in [4.69, 9.17) is 0 Å². The van der Waals surface area contributed by atoms with E-state index in [-0.39, 0.29) is 0 Å². The minimum absolute atomic E-state index is 0.671. The number of nitrogens with zero attached hydrogens (tertiary/aromatic N) is 1. The van der Waals surface area contributed by atoms with Crippen LogP contribution in [0, 0.1) is 0 Å². The quantitative estimate of drug-likeness (QED) is 0.728. The summed E-state index contributed by atoms with van der Waals surface area (Å²) in [5, 5.41) is 3.30. The molecule has 0 saturated heterocycles. The van der Waals surface area contributed by atoms with Gasteiger partial charge in [0.25, 0.3) is 0 Å². The zero-order chi connectivity index (χ0) is 11.1. The summed E-state index contributed by atoms with van der Waals surface area (Å²) in [6, 6.07) is 1.55. The highest BCUT2D eigenvalue weighted by Gasteiger charge is 2.17. The summed E-state index contributed by atoms with van der Waals surface area (Å²) in [7, 11) is 4.36. The molecule has 0 spiro atoms. The molecule has 0 aliphatic heterocycles. The first-order valence-corrected chi connectivity index (χ1v) is 6.61. The van der Waals surface area contributed by atoms with Gasteiger partial charge in [0.1, 0.15) is 0 Å². The average Bonchev–Trinajstić information content (AvgIpc) is 2.29. The lowest BCUT2D eigenvalue weighted by molar-refractivity contribution is 0.187. The molecule has 0 heterocycles. The molecule has 0 aromatic rings. The lowest BCUT2D eigenvalue weighted by Gasteiger charge is -2.31. The Kier molecular flexibility index (Phi) is 6.26. The van der Waals surface area contributed by atoms with Crippen molar-refractivity contribution >= 4 is 0 Å². The Morgan fingerprint density at radius 1 is 1.27 bits per heavy atom. The lowest BCUT2D eigenvalue weighted by Crippen LogP contribution is -2.34. The molecule has 1 aliphatic carbocycles. The third-order valence-electron chi connectivity index (χ3n) is 3.84. The lowest BCUT2D eigenvalue weighted by atomic mass is 9.94. The van der Waals surface area contributed by atoms with Crippen molar-refractivity contribution in [2.75, 3.05) is 20.6 Å². The van der Waals surface area contributed by atoms with Crippen LogP contribution in [0.25, 0.3) is 0 Å². The Bertz CT molecular complexity index is 153. The zero-order valence-corrected chi connectivity index (χ0v) is 10.8. The summed E-state index contributed by atoms with van der Waals surface area (Å²) in [6.45, 7) is 3.54. The molecule has 1 N–H and O–H groups in total. The van der Waals surface area contributed by atoms with Gasteiger partial charge in [0.05, 0.1) is 0 Å². The van der Waals surface area contributed by atoms with E-state index in [0.29, 0.717) is 6.04 Å². The normalized spacial score (nSPS) is 20.8. The third-order valence-corrected chi connectivity index (χ3v) is 3.84. The molecule has 0 amide bonds. The van der Waals surface area contributed by atoms with Gasteiger partial charge in [0, 0.05) is 12.1 Å². The van der Waals surface area contributed by atoms with E-state index in [1.54, 1.807) is 0 Å². The number of rotatable bonds is 6. The monoisotopic (exact) mass is 212 g/mol. The molecule has 1 saturated carbocycles. The highest BCUT2D eigenvalue weighted by molar-refractivity contribution is 4.73. The van der Waals surface area contributed by atoms with Crippen LogP contribution in [0.5, 0.6) is 0 Å². The van der Waals surface area contributed by atoms with E-state index in [1.807, 2.05) is 0 Å². The maximum Gasteiger partial charge on any atom is 0.00922 e. The molecule has 1 fully saturated rings. The van der Waals surface area contributed by atoms with Crippen LogP contribution in [-0.4, -0.2) is 37.6 Å². The van der Waals surface area contributed by atoms with Crippen molar-refractivity contribution in [3.63, 3.8) is 0 Å². The van der Waals surface area contributed by atoms with Gasteiger partial charge in [0.15, 0.2) is 0 Å². The number of hydrogen-bond acceptors (Lipinski definition) is 2. The molecule has 0 aromatic heterocycles. The van der Waals surface area contributed by atoms with Gasteiger partial charge < -0.3 is 10.2 Å². The van der Waals surface area contributed by atoms with Crippen LogP contribution in [0.3, 0.4) is 0 Å². The molecule has 2 heteroatoms. The predicted molar refractivity (Wildman–Crippen MR) is 67.3 cm³/mol. The van der Waals surface area contributed by atoms with Gasteiger partial charge in [-0.3, -0.25) is 0 Å². The largest absolute Gasteiger partial charge is 0.317 e. The molecule has 1 aliphatic rings. The Morgan fingerprint density at radius 3 is 2.53 bits per heavy atom. The summed E-state index contributed by atoms with van der Waals surface area (Å²) in [5.41, 5.74) is 0. The second kappa shape index (κ2) is 7.24. The van der Waals surface area contributed by atoms with Crippen LogP contribution in [0.2, 0.25) is 0 Å². The summed E-state index contributed by atoms with van der Waals surface area (Å²) in [4.78, 5) is 2.58. The standard InChI is InChI=1S/C13H28N2/c1-12(14-2)8-7-11-15(3)13-9-5-4-6-10-13/h12-14H,4-11H2,1-3H3. The van der Waals surface area contributed by atoms with Crippen LogP contribution < -0.4 is 5.32 Å². The smallest absolute Gasteiger partial charge is 0.00922 e. The van der Waals surface area contributed by atoms with E-state index >= 15 is 0 Å². The predicted octanol–water partition coefficient (Wildman–Crippen LogP) is 2.64. The third kappa shape index (κ3) is 4.98. The Hall–Kier alpha value is -0.0800. The van der Waals surface area contributed by atoms with Crippen LogP contribution >= 0.6 is 0 Å². The van der Waals surface area contributed by atoms with E-state index in [9.17, 15) is 0 Å². The fourth-order valence-electron chi connectivity index (χ4n) is 2.50. The van der Waals surface area contributed by atoms with E-state index < -0.39 is 0 Å². The zero-order valence-electron chi connectivity index (χ0n) is 10.8. The SMILES string of the molecule is CNC(C)CCCN(C)C1CCCCC1. The van der Waals surface area contributed by atoms with Crippen molar-refractivity contribution < 1.29 is 0 Å². The highest BCUT2D eigenvalue weighted by Crippen LogP contribution is 2.21. The topological polar surface area (TPSA) is 15.3 Å². The summed E-state index contributed by atoms with van der Waals surface area (Å²) < 4.78 is 0. The van der Waals surface area contributed by atoms with E-state index in [1.165, 1.54) is 51.5 Å². The first-order chi connectivity index (χ1) is 7.24. The average molecular weight is 212 g/mol. The molecular weight excluding hydrogens is 184 g/mol. The number of hydrogen-bond donors (Lipinski definition) is 1. The van der Waals surface area contributed by atoms with Crippen molar-refractivity contribution in [2.45, 2.75) is 64.0 Å². The van der Waals surface area contributed by atoms with E-state index in [2.05, 4.69) is 31.2 Å². The van der Waals surface area contributed by atoms with Gasteiger partial charge in [-0.15, -0.1) is 0 Å². The molecule has 1 atom stereocenters. The van der Waals surface area contributed by atoms with Gasteiger partial charge in [-0.05, 0) is 53.2 Å². The fraction of sp³-hybridized carbons (Fsp3) is 1.00. The number of nitrogens with one attached hydrogen (secondary N) is 1. The van der Waals surface area contributed by atoms with Crippen LogP contribution in [0.15, 0.2) is 0 Å². The molecule has 1 rings (SSSR count). The van der Waals surface area contributed by atoms with Crippen LogP contribution in [0.1, 0.15) is 51.9 Å². The van der Waals surface area contributed by atoms with Crippen molar-refractivity contribution in [3.8, 4) is 0 Å². The van der Waals surface area contributed by atoms with Gasteiger partial charge in [-0.2, -0.15) is 0 Å². The van der Waals surface area contributed by atoms with Crippen molar-refractivity contribution in [1.82, 2.24) is 10.2 Å². The molecular formula is C13H28N2. The molecule has 0 bridgehead atoms. The van der Waals surface area contributed by atoms with Crippen molar-refractivity contribution in [3.05, 3.63) is 0 Å². The molecule has 1 unspecified atom stereocenters. The minimum Gasteiger partial charge on any atom is -0.317 e. The van der Waals surface area contributed by atoms with Crippen molar-refractivity contribution in [2.24, 2.45) is 0 Å². The molecule has 0 radical (unpaired) electrons. The minimum atomic E-state index is 0.671. The van der Waals surface area contributed by atoms with Gasteiger partial charge >= 0.3 is 0 Å². The summed E-state index contributed by atoms with van der Waals surface area (Å²) in [5.74, 6) is 0. The molecule has 0 aromatic carbocycles. The Balaban J connectivity index is 2.09. The van der Waals surface area contributed by atoms with Gasteiger partial charge in [-0.25, -0.2) is 0 Å². The molecule has 90 valence electrons. The summed E-state index contributed by atoms with van der Waals surface area (Å²) >= 11 is 0. The first-order valence-electron chi connectivity index (χ1n) is 6.61. The second-order valence-electron chi connectivity index (χ2n) is 5.10. The van der Waals surface area contributed by atoms with Crippen LogP contribution in [0.4, 0.5) is 0 Å². The van der Waals surface area contributed by atoms with E-state index in [0.717, 1.165) is 6.04 Å². The second-order valence-corrected chi connectivity index (χ2v) is 5.10. The fourth-order valence-corrected chi connectivity index (χ4v) is 2.50. The Morgan fingerprint density at radius 2 is 1.93 bits per heavy atom. The Labute approximate surface area is 95.4 Å².